The van der Waals surface area contributed by atoms with Crippen LogP contribution in [0, 0.1) is 5.92 Å². The maximum absolute atomic E-state index is 12.7. The smallest absolute Gasteiger partial charge is 0.246 e. The van der Waals surface area contributed by atoms with Crippen LogP contribution in [0.3, 0.4) is 0 Å². The fraction of sp³-hybridized carbons (Fsp3) is 0.588. The molecule has 1 amide bonds. The van der Waals surface area contributed by atoms with Crippen LogP contribution in [0.4, 0.5) is 5.69 Å². The van der Waals surface area contributed by atoms with Gasteiger partial charge in [-0.2, -0.15) is 4.31 Å². The zero-order valence-electron chi connectivity index (χ0n) is 14.4. The molecule has 1 saturated heterocycles. The predicted molar refractivity (Wildman–Crippen MR) is 94.9 cm³/mol. The first-order valence-electron chi connectivity index (χ1n) is 8.66. The summed E-state index contributed by atoms with van der Waals surface area (Å²) >= 11 is 0. The molecule has 2 atom stereocenters. The molecule has 1 aromatic carbocycles. The number of sulfonamides is 1. The van der Waals surface area contributed by atoms with E-state index in [1.165, 1.54) is 17.5 Å². The molecule has 1 aliphatic carbocycles. The van der Waals surface area contributed by atoms with E-state index < -0.39 is 10.0 Å². The van der Waals surface area contributed by atoms with E-state index in [0.717, 1.165) is 25.7 Å². The van der Waals surface area contributed by atoms with Crippen molar-refractivity contribution in [1.29, 1.82) is 0 Å². The van der Waals surface area contributed by atoms with Gasteiger partial charge in [0.25, 0.3) is 0 Å². The SMILES string of the molecule is COc1cc(NC(=O)C2CCC(N)C2)ccc1S(=O)(=O)N1CCCC1. The van der Waals surface area contributed by atoms with Crippen LogP contribution in [-0.4, -0.2) is 44.9 Å². The van der Waals surface area contributed by atoms with E-state index in [4.69, 9.17) is 10.5 Å². The number of benzene rings is 1. The summed E-state index contributed by atoms with van der Waals surface area (Å²) in [6.07, 6.45) is 4.07. The van der Waals surface area contributed by atoms with E-state index in [0.29, 0.717) is 25.2 Å². The average Bonchev–Trinajstić information content (AvgIpc) is 3.26. The van der Waals surface area contributed by atoms with Crippen molar-refractivity contribution in [2.24, 2.45) is 11.7 Å². The Bertz CT molecular complexity index is 744. The average molecular weight is 367 g/mol. The highest BCUT2D eigenvalue weighted by atomic mass is 32.2. The van der Waals surface area contributed by atoms with Crippen LogP contribution in [0.2, 0.25) is 0 Å². The van der Waals surface area contributed by atoms with Gasteiger partial charge in [-0.3, -0.25) is 4.79 Å². The van der Waals surface area contributed by atoms with Crippen LogP contribution < -0.4 is 15.8 Å². The molecule has 25 heavy (non-hydrogen) atoms. The molecule has 0 bridgehead atoms. The lowest BCUT2D eigenvalue weighted by molar-refractivity contribution is -0.119. The van der Waals surface area contributed by atoms with Gasteiger partial charge in [0, 0.05) is 36.8 Å². The largest absolute Gasteiger partial charge is 0.495 e. The van der Waals surface area contributed by atoms with Crippen molar-refractivity contribution < 1.29 is 17.9 Å². The van der Waals surface area contributed by atoms with Gasteiger partial charge in [-0.25, -0.2) is 8.42 Å². The van der Waals surface area contributed by atoms with Gasteiger partial charge < -0.3 is 15.8 Å². The number of carbonyl (C=O) groups excluding carboxylic acids is 1. The molecule has 1 aromatic rings. The van der Waals surface area contributed by atoms with Crippen molar-refractivity contribution in [1.82, 2.24) is 4.31 Å². The van der Waals surface area contributed by atoms with Crippen LogP contribution in [0.5, 0.6) is 5.75 Å². The number of nitrogens with one attached hydrogen (secondary N) is 1. The summed E-state index contributed by atoms with van der Waals surface area (Å²) < 4.78 is 32.2. The van der Waals surface area contributed by atoms with E-state index in [1.807, 2.05) is 0 Å². The van der Waals surface area contributed by atoms with Crippen molar-refractivity contribution in [3.63, 3.8) is 0 Å². The number of methoxy groups -OCH3 is 1. The van der Waals surface area contributed by atoms with Crippen LogP contribution in [0.1, 0.15) is 32.1 Å². The fourth-order valence-electron chi connectivity index (χ4n) is 3.52. The van der Waals surface area contributed by atoms with E-state index >= 15 is 0 Å². The third kappa shape index (κ3) is 3.80. The molecular weight excluding hydrogens is 342 g/mol. The van der Waals surface area contributed by atoms with Gasteiger partial charge in [-0.15, -0.1) is 0 Å². The second-order valence-electron chi connectivity index (χ2n) is 6.74. The Balaban J connectivity index is 1.79. The zero-order valence-corrected chi connectivity index (χ0v) is 15.2. The first kappa shape index (κ1) is 18.2. The van der Waals surface area contributed by atoms with Gasteiger partial charge in [0.2, 0.25) is 15.9 Å². The van der Waals surface area contributed by atoms with E-state index in [-0.39, 0.29) is 28.5 Å². The molecule has 138 valence electrons. The number of nitrogens with two attached hydrogens (primary N) is 1. The molecule has 3 N–H and O–H groups in total. The van der Waals surface area contributed by atoms with Crippen LogP contribution in [0.15, 0.2) is 23.1 Å². The molecule has 0 spiro atoms. The van der Waals surface area contributed by atoms with Crippen molar-refractivity contribution in [3.05, 3.63) is 18.2 Å². The van der Waals surface area contributed by atoms with Gasteiger partial charge in [-0.1, -0.05) is 0 Å². The van der Waals surface area contributed by atoms with Crippen LogP contribution in [-0.2, 0) is 14.8 Å². The van der Waals surface area contributed by atoms with Gasteiger partial charge in [0.15, 0.2) is 0 Å². The maximum Gasteiger partial charge on any atom is 0.246 e. The summed E-state index contributed by atoms with van der Waals surface area (Å²) in [4.78, 5) is 12.5. The molecule has 2 unspecified atom stereocenters. The Hall–Kier alpha value is -1.64. The Labute approximate surface area is 148 Å². The third-order valence-corrected chi connectivity index (χ3v) is 6.90. The Morgan fingerprint density at radius 3 is 2.60 bits per heavy atom. The minimum atomic E-state index is -3.57. The first-order chi connectivity index (χ1) is 11.9. The molecule has 0 aromatic heterocycles. The lowest BCUT2D eigenvalue weighted by Gasteiger charge is -2.18. The minimum Gasteiger partial charge on any atom is -0.495 e. The summed E-state index contributed by atoms with van der Waals surface area (Å²) in [5.74, 6) is 0.0759. The third-order valence-electron chi connectivity index (χ3n) is 4.96. The van der Waals surface area contributed by atoms with Crippen molar-refractivity contribution in [2.45, 2.75) is 43.0 Å². The predicted octanol–water partition coefficient (Wildman–Crippen LogP) is 1.55. The molecule has 3 rings (SSSR count). The number of hydrogen-bond donors (Lipinski definition) is 2. The quantitative estimate of drug-likeness (QED) is 0.822. The van der Waals surface area contributed by atoms with Crippen molar-refractivity contribution in [3.8, 4) is 5.75 Å². The number of anilines is 1. The lowest BCUT2D eigenvalue weighted by Crippen LogP contribution is -2.28. The van der Waals surface area contributed by atoms with Crippen LogP contribution >= 0.6 is 0 Å². The normalized spacial score (nSPS) is 24.4. The highest BCUT2D eigenvalue weighted by Crippen LogP contribution is 2.32. The second kappa shape index (κ2) is 7.31. The van der Waals surface area contributed by atoms with Gasteiger partial charge in [0.05, 0.1) is 7.11 Å². The number of amides is 1. The van der Waals surface area contributed by atoms with Gasteiger partial charge >= 0.3 is 0 Å². The molecule has 2 fully saturated rings. The highest BCUT2D eigenvalue weighted by molar-refractivity contribution is 7.89. The summed E-state index contributed by atoms with van der Waals surface area (Å²) in [7, 11) is -2.14. The number of carbonyl (C=O) groups is 1. The number of rotatable bonds is 5. The standard InChI is InChI=1S/C17H25N3O4S/c1-24-15-11-14(19-17(21)12-4-5-13(18)10-12)6-7-16(15)25(22,23)20-8-2-3-9-20/h6-7,11-13H,2-5,8-10,18H2,1H3,(H,19,21). The lowest BCUT2D eigenvalue weighted by atomic mass is 10.1. The van der Waals surface area contributed by atoms with E-state index in [2.05, 4.69) is 5.32 Å². The Kier molecular flexibility index (Phi) is 5.31. The molecule has 2 aliphatic rings. The summed E-state index contributed by atoms with van der Waals surface area (Å²) in [6, 6.07) is 4.76. The number of nitrogens with zero attached hydrogens (tertiary/aromatic N) is 1. The Morgan fingerprint density at radius 1 is 1.28 bits per heavy atom. The van der Waals surface area contributed by atoms with Crippen molar-refractivity contribution >= 4 is 21.6 Å². The second-order valence-corrected chi connectivity index (χ2v) is 8.64. The van der Waals surface area contributed by atoms with Crippen LogP contribution in [0.25, 0.3) is 0 Å². The Morgan fingerprint density at radius 2 is 2.00 bits per heavy atom. The highest BCUT2D eigenvalue weighted by Gasteiger charge is 2.31. The molecule has 8 heteroatoms. The number of ether oxygens (including phenoxy) is 1. The summed E-state index contributed by atoms with van der Waals surface area (Å²) in [5.41, 5.74) is 6.39. The summed E-state index contributed by atoms with van der Waals surface area (Å²) in [5, 5.41) is 2.84. The molecular formula is C17H25N3O4S. The minimum absolute atomic E-state index is 0.0786. The van der Waals surface area contributed by atoms with E-state index in [9.17, 15) is 13.2 Å². The van der Waals surface area contributed by atoms with Crippen molar-refractivity contribution in [2.75, 3.05) is 25.5 Å². The molecule has 1 saturated carbocycles. The number of hydrogen-bond acceptors (Lipinski definition) is 5. The molecule has 1 aliphatic heterocycles. The molecule has 1 heterocycles. The molecule has 0 radical (unpaired) electrons. The topological polar surface area (TPSA) is 102 Å². The van der Waals surface area contributed by atoms with Gasteiger partial charge in [-0.05, 0) is 44.2 Å². The first-order valence-corrected chi connectivity index (χ1v) is 10.1. The summed E-state index contributed by atoms with van der Waals surface area (Å²) in [6.45, 7) is 1.07. The fourth-order valence-corrected chi connectivity index (χ4v) is 5.18. The van der Waals surface area contributed by atoms with E-state index in [1.54, 1.807) is 12.1 Å². The zero-order chi connectivity index (χ0) is 18.0. The molecule has 7 nitrogen and oxygen atoms in total. The monoisotopic (exact) mass is 367 g/mol. The maximum atomic E-state index is 12.7. The van der Waals surface area contributed by atoms with Gasteiger partial charge in [0.1, 0.15) is 10.6 Å².